The molecule has 1 aliphatic rings. The lowest BCUT2D eigenvalue weighted by molar-refractivity contribution is 0.258. The van der Waals surface area contributed by atoms with E-state index in [1.165, 1.54) is 0 Å². The maximum Gasteiger partial charge on any atom is 0.0572 e. The topological polar surface area (TPSA) is 20.2 Å². The molecule has 0 spiro atoms. The Morgan fingerprint density at radius 1 is 1.75 bits per heavy atom. The molecule has 0 bridgehead atoms. The summed E-state index contributed by atoms with van der Waals surface area (Å²) >= 11 is 0. The molecule has 1 heteroatoms. The van der Waals surface area contributed by atoms with Crippen LogP contribution in [0.25, 0.3) is 0 Å². The molecule has 0 saturated heterocycles. The van der Waals surface area contributed by atoms with E-state index in [2.05, 4.69) is 11.8 Å². The average Bonchev–Trinajstić information content (AvgIpc) is 1.90. The van der Waals surface area contributed by atoms with Crippen molar-refractivity contribution in [1.82, 2.24) is 0 Å². The molecule has 42 valence electrons. The summed E-state index contributed by atoms with van der Waals surface area (Å²) in [5, 5.41) is 8.55. The lowest BCUT2D eigenvalue weighted by atomic mass is 10.0. The highest BCUT2D eigenvalue weighted by Crippen LogP contribution is 2.03. The van der Waals surface area contributed by atoms with Gasteiger partial charge in [-0.3, -0.25) is 0 Å². The van der Waals surface area contributed by atoms with Gasteiger partial charge in [0.2, 0.25) is 0 Å². The second-order valence-electron chi connectivity index (χ2n) is 1.81. The Balaban J connectivity index is 2.48. The van der Waals surface area contributed by atoms with Crippen molar-refractivity contribution in [2.45, 2.75) is 6.42 Å². The van der Waals surface area contributed by atoms with Gasteiger partial charge in [0.05, 0.1) is 6.61 Å². The van der Waals surface area contributed by atoms with Crippen molar-refractivity contribution in [1.29, 1.82) is 0 Å². The van der Waals surface area contributed by atoms with Crippen LogP contribution >= 0.6 is 0 Å². The summed E-state index contributed by atoms with van der Waals surface area (Å²) in [6.07, 6.45) is 4.72. The zero-order valence-electron chi connectivity index (χ0n) is 4.59. The molecule has 8 heavy (non-hydrogen) atoms. The molecule has 0 radical (unpaired) electrons. The van der Waals surface area contributed by atoms with E-state index >= 15 is 0 Å². The van der Waals surface area contributed by atoms with E-state index in [9.17, 15) is 0 Å². The van der Waals surface area contributed by atoms with Crippen molar-refractivity contribution >= 4 is 0 Å². The first-order valence-electron chi connectivity index (χ1n) is 2.70. The van der Waals surface area contributed by atoms with E-state index in [-0.39, 0.29) is 12.5 Å². The lowest BCUT2D eigenvalue weighted by Crippen LogP contribution is -2.02. The highest BCUT2D eigenvalue weighted by molar-refractivity contribution is 5.22. The Morgan fingerprint density at radius 2 is 2.62 bits per heavy atom. The Morgan fingerprint density at radius 3 is 3.00 bits per heavy atom. The molecule has 0 fully saturated rings. The van der Waals surface area contributed by atoms with Gasteiger partial charge in [-0.05, 0) is 12.5 Å². The third-order valence-electron chi connectivity index (χ3n) is 1.13. The van der Waals surface area contributed by atoms with Crippen molar-refractivity contribution < 1.29 is 5.11 Å². The van der Waals surface area contributed by atoms with Gasteiger partial charge in [-0.25, -0.2) is 0 Å². The van der Waals surface area contributed by atoms with Gasteiger partial charge in [0.1, 0.15) is 0 Å². The molecular formula is C7H8O. The Kier molecular flexibility index (Phi) is 1.71. The molecule has 1 atom stereocenters. The van der Waals surface area contributed by atoms with Crippen LogP contribution in [0.1, 0.15) is 6.42 Å². The number of rotatable bonds is 1. The van der Waals surface area contributed by atoms with E-state index in [0.29, 0.717) is 0 Å². The molecule has 0 aromatic carbocycles. The van der Waals surface area contributed by atoms with E-state index in [1.54, 1.807) is 0 Å². The summed E-state index contributed by atoms with van der Waals surface area (Å²) in [5.74, 6) is 5.87. The molecule has 0 aromatic rings. The molecule has 1 rings (SSSR count). The van der Waals surface area contributed by atoms with Crippen LogP contribution in [0.2, 0.25) is 0 Å². The first kappa shape index (κ1) is 5.40. The predicted molar refractivity (Wildman–Crippen MR) is 32.1 cm³/mol. The maximum absolute atomic E-state index is 8.55. The molecular weight excluding hydrogens is 100 g/mol. The maximum atomic E-state index is 8.55. The number of aliphatic hydroxyl groups is 1. The van der Waals surface area contributed by atoms with Crippen LogP contribution < -0.4 is 0 Å². The minimum Gasteiger partial charge on any atom is -0.395 e. The molecule has 0 amide bonds. The molecule has 1 nitrogen and oxygen atoms in total. The second kappa shape index (κ2) is 2.54. The van der Waals surface area contributed by atoms with Gasteiger partial charge in [-0.2, -0.15) is 0 Å². The number of aliphatic hydroxyl groups excluding tert-OH is 1. The summed E-state index contributed by atoms with van der Waals surface area (Å²) in [6, 6.07) is 0. The van der Waals surface area contributed by atoms with Crippen molar-refractivity contribution in [3.8, 4) is 11.8 Å². The minimum absolute atomic E-state index is 0.192. The smallest absolute Gasteiger partial charge is 0.0572 e. The highest BCUT2D eigenvalue weighted by atomic mass is 16.3. The SMILES string of the molecule is OCC1C#CC=CC1. The van der Waals surface area contributed by atoms with Crippen molar-refractivity contribution in [3.05, 3.63) is 12.2 Å². The molecule has 1 unspecified atom stereocenters. The van der Waals surface area contributed by atoms with Crippen LogP contribution in [0.15, 0.2) is 12.2 Å². The Labute approximate surface area is 49.0 Å². The number of hydrogen-bond acceptors (Lipinski definition) is 1. The van der Waals surface area contributed by atoms with E-state index in [4.69, 9.17) is 5.11 Å². The van der Waals surface area contributed by atoms with Gasteiger partial charge in [-0.1, -0.05) is 17.9 Å². The average molecular weight is 108 g/mol. The molecule has 0 heterocycles. The van der Waals surface area contributed by atoms with E-state index in [0.717, 1.165) is 6.42 Å². The summed E-state index contributed by atoms with van der Waals surface area (Å²) in [4.78, 5) is 0. The van der Waals surface area contributed by atoms with Gasteiger partial charge >= 0.3 is 0 Å². The Hall–Kier alpha value is -0.740. The molecule has 0 aliphatic heterocycles. The number of hydrogen-bond donors (Lipinski definition) is 1. The first-order valence-corrected chi connectivity index (χ1v) is 2.70. The van der Waals surface area contributed by atoms with Gasteiger partial charge in [0.25, 0.3) is 0 Å². The molecule has 0 aromatic heterocycles. The van der Waals surface area contributed by atoms with Crippen LogP contribution in [0, 0.1) is 17.8 Å². The summed E-state index contributed by atoms with van der Waals surface area (Å²) in [7, 11) is 0. The number of allylic oxidation sites excluding steroid dienone is 2. The highest BCUT2D eigenvalue weighted by Gasteiger charge is 2.00. The van der Waals surface area contributed by atoms with E-state index < -0.39 is 0 Å². The zero-order valence-corrected chi connectivity index (χ0v) is 4.59. The quantitative estimate of drug-likeness (QED) is 0.486. The summed E-state index contributed by atoms with van der Waals surface area (Å²) in [6.45, 7) is 0.192. The van der Waals surface area contributed by atoms with Crippen LogP contribution in [0.4, 0.5) is 0 Å². The van der Waals surface area contributed by atoms with Gasteiger partial charge in [-0.15, -0.1) is 0 Å². The van der Waals surface area contributed by atoms with Crippen LogP contribution in [-0.2, 0) is 0 Å². The molecule has 1 N–H and O–H groups in total. The lowest BCUT2D eigenvalue weighted by Gasteiger charge is -2.02. The third kappa shape index (κ3) is 1.11. The van der Waals surface area contributed by atoms with E-state index in [1.807, 2.05) is 12.2 Å². The first-order chi connectivity index (χ1) is 3.93. The van der Waals surface area contributed by atoms with Crippen LogP contribution in [0.5, 0.6) is 0 Å². The summed E-state index contributed by atoms with van der Waals surface area (Å²) in [5.41, 5.74) is 0. The normalized spacial score (nSPS) is 24.4. The van der Waals surface area contributed by atoms with Gasteiger partial charge < -0.3 is 5.11 Å². The fraction of sp³-hybridized carbons (Fsp3) is 0.429. The van der Waals surface area contributed by atoms with Crippen molar-refractivity contribution in [2.75, 3.05) is 6.61 Å². The van der Waals surface area contributed by atoms with Crippen molar-refractivity contribution in [2.24, 2.45) is 5.92 Å². The van der Waals surface area contributed by atoms with Crippen molar-refractivity contribution in [3.63, 3.8) is 0 Å². The fourth-order valence-electron chi connectivity index (χ4n) is 0.636. The second-order valence-corrected chi connectivity index (χ2v) is 1.81. The Bertz CT molecular complexity index is 148. The fourth-order valence-corrected chi connectivity index (χ4v) is 0.636. The van der Waals surface area contributed by atoms with Gasteiger partial charge in [0, 0.05) is 5.92 Å². The predicted octanol–water partition coefficient (Wildman–Crippen LogP) is 0.558. The zero-order chi connectivity index (χ0) is 5.82. The monoisotopic (exact) mass is 108 g/mol. The van der Waals surface area contributed by atoms with Gasteiger partial charge in [0.15, 0.2) is 0 Å². The minimum atomic E-state index is 0.192. The standard InChI is InChI=1S/C7H8O/c8-6-7-4-2-1-3-5-7/h1-2,7-8H,4,6H2. The summed E-state index contributed by atoms with van der Waals surface area (Å²) < 4.78 is 0. The third-order valence-corrected chi connectivity index (χ3v) is 1.13. The molecule has 0 saturated carbocycles. The largest absolute Gasteiger partial charge is 0.395 e. The van der Waals surface area contributed by atoms with Crippen LogP contribution in [0.3, 0.4) is 0 Å². The molecule has 1 aliphatic carbocycles. The van der Waals surface area contributed by atoms with Crippen LogP contribution in [-0.4, -0.2) is 11.7 Å².